The Morgan fingerprint density at radius 3 is 2.90 bits per heavy atom. The van der Waals surface area contributed by atoms with E-state index in [1.165, 1.54) is 24.9 Å². The Labute approximate surface area is 131 Å². The van der Waals surface area contributed by atoms with Crippen LogP contribution >= 0.6 is 12.2 Å². The first-order valence-electron chi connectivity index (χ1n) is 7.55. The van der Waals surface area contributed by atoms with Crippen LogP contribution in [0.1, 0.15) is 35.7 Å². The minimum absolute atomic E-state index is 0.498. The summed E-state index contributed by atoms with van der Waals surface area (Å²) in [4.78, 5) is 10.2. The van der Waals surface area contributed by atoms with E-state index in [0.717, 1.165) is 24.5 Å². The molecule has 0 saturated carbocycles. The van der Waals surface area contributed by atoms with E-state index in [-0.39, 0.29) is 0 Å². The van der Waals surface area contributed by atoms with E-state index in [4.69, 9.17) is 12.2 Å². The molecule has 3 nitrogen and oxygen atoms in total. The maximum Gasteiger partial charge on any atom is 0.197 e. The zero-order valence-electron chi connectivity index (χ0n) is 12.4. The monoisotopic (exact) mass is 299 g/mol. The molecule has 0 bridgehead atoms. The van der Waals surface area contributed by atoms with Gasteiger partial charge < -0.3 is 4.98 Å². The predicted octanol–water partition coefficient (Wildman–Crippen LogP) is 3.83. The lowest BCUT2D eigenvalue weighted by Gasteiger charge is -2.32. The molecule has 1 N–H and O–H groups in total. The predicted molar refractivity (Wildman–Crippen MR) is 87.9 cm³/mol. The Kier molecular flexibility index (Phi) is 4.46. The zero-order chi connectivity index (χ0) is 14.7. The average molecular weight is 299 g/mol. The number of H-pyrrole nitrogens is 1. The average Bonchev–Trinajstić information content (AvgIpc) is 2.47. The molecular weight excluding hydrogens is 278 g/mol. The molecule has 1 aliphatic heterocycles. The van der Waals surface area contributed by atoms with Gasteiger partial charge in [0, 0.05) is 30.4 Å². The molecule has 1 fully saturated rings. The third-order valence-electron chi connectivity index (χ3n) is 4.07. The standard InChI is InChI=1S/C17H21N3S/c1-13-10-16(19-17(21)18-13)15-8-5-9-20(12-15)11-14-6-3-2-4-7-14/h2-4,6-7,10,15H,5,8-9,11-12H2,1H3,(H,18,19,21). The van der Waals surface area contributed by atoms with Crippen LogP contribution in [0.15, 0.2) is 36.4 Å². The highest BCUT2D eigenvalue weighted by Crippen LogP contribution is 2.26. The topological polar surface area (TPSA) is 31.9 Å². The molecular formula is C17H21N3S. The van der Waals surface area contributed by atoms with Crippen LogP contribution < -0.4 is 0 Å². The molecule has 0 radical (unpaired) electrons. The second kappa shape index (κ2) is 6.50. The Morgan fingerprint density at radius 2 is 2.14 bits per heavy atom. The third kappa shape index (κ3) is 3.77. The molecule has 21 heavy (non-hydrogen) atoms. The summed E-state index contributed by atoms with van der Waals surface area (Å²) >= 11 is 5.21. The van der Waals surface area contributed by atoms with Gasteiger partial charge in [0.1, 0.15) is 0 Å². The number of likely N-dealkylation sites (tertiary alicyclic amines) is 1. The van der Waals surface area contributed by atoms with Crippen molar-refractivity contribution in [2.24, 2.45) is 0 Å². The van der Waals surface area contributed by atoms with E-state index in [0.29, 0.717) is 10.7 Å². The third-order valence-corrected chi connectivity index (χ3v) is 4.27. The lowest BCUT2D eigenvalue weighted by molar-refractivity contribution is 0.198. The molecule has 0 spiro atoms. The second-order valence-electron chi connectivity index (χ2n) is 5.85. The Hall–Kier alpha value is -1.52. The summed E-state index contributed by atoms with van der Waals surface area (Å²) in [5, 5.41) is 0. The van der Waals surface area contributed by atoms with Crippen LogP contribution in [0.2, 0.25) is 0 Å². The number of hydrogen-bond donors (Lipinski definition) is 1. The lowest BCUT2D eigenvalue weighted by Crippen LogP contribution is -2.34. The zero-order valence-corrected chi connectivity index (χ0v) is 13.2. The van der Waals surface area contributed by atoms with Crippen molar-refractivity contribution in [1.82, 2.24) is 14.9 Å². The molecule has 1 aliphatic rings. The number of hydrogen-bond acceptors (Lipinski definition) is 3. The van der Waals surface area contributed by atoms with E-state index in [1.807, 2.05) is 6.92 Å². The summed E-state index contributed by atoms with van der Waals surface area (Å²) in [6.07, 6.45) is 2.43. The summed E-state index contributed by atoms with van der Waals surface area (Å²) in [6.45, 7) is 5.31. The van der Waals surface area contributed by atoms with Gasteiger partial charge in [0.2, 0.25) is 0 Å². The fourth-order valence-electron chi connectivity index (χ4n) is 3.10. The molecule has 0 amide bonds. The van der Waals surface area contributed by atoms with E-state index in [2.05, 4.69) is 51.3 Å². The minimum atomic E-state index is 0.498. The van der Waals surface area contributed by atoms with Gasteiger partial charge in [-0.25, -0.2) is 4.98 Å². The van der Waals surface area contributed by atoms with Gasteiger partial charge in [0.05, 0.1) is 0 Å². The molecule has 1 aromatic heterocycles. The SMILES string of the molecule is Cc1cc(C2CCCN(Cc3ccccc3)C2)nc(=S)[nH]1. The number of nitrogens with one attached hydrogen (secondary N) is 1. The highest BCUT2D eigenvalue weighted by atomic mass is 32.1. The molecule has 2 heterocycles. The van der Waals surface area contributed by atoms with Gasteiger partial charge in [0.15, 0.2) is 4.77 Å². The van der Waals surface area contributed by atoms with Gasteiger partial charge in [-0.05, 0) is 50.2 Å². The molecule has 110 valence electrons. The molecule has 1 unspecified atom stereocenters. The number of piperidine rings is 1. The van der Waals surface area contributed by atoms with Crippen molar-refractivity contribution in [3.05, 3.63) is 58.1 Å². The first-order chi connectivity index (χ1) is 10.2. The van der Waals surface area contributed by atoms with Gasteiger partial charge in [-0.1, -0.05) is 30.3 Å². The maximum atomic E-state index is 5.21. The van der Waals surface area contributed by atoms with Crippen LogP contribution in [0.3, 0.4) is 0 Å². The molecule has 3 rings (SSSR count). The molecule has 2 aromatic rings. The van der Waals surface area contributed by atoms with Gasteiger partial charge in [-0.15, -0.1) is 0 Å². The quantitative estimate of drug-likeness (QED) is 0.874. The molecule has 0 aliphatic carbocycles. The van der Waals surface area contributed by atoms with Crippen LogP contribution in [0.4, 0.5) is 0 Å². The first-order valence-corrected chi connectivity index (χ1v) is 7.96. The first kappa shape index (κ1) is 14.4. The normalized spacial score (nSPS) is 19.6. The van der Waals surface area contributed by atoms with Crippen LogP contribution in [-0.2, 0) is 6.54 Å². The minimum Gasteiger partial charge on any atom is -0.335 e. The summed E-state index contributed by atoms with van der Waals surface area (Å²) in [6, 6.07) is 12.8. The highest BCUT2D eigenvalue weighted by molar-refractivity contribution is 7.71. The fourth-order valence-corrected chi connectivity index (χ4v) is 3.36. The van der Waals surface area contributed by atoms with E-state index in [9.17, 15) is 0 Å². The molecule has 4 heteroatoms. The number of rotatable bonds is 3. The molecule has 1 saturated heterocycles. The molecule has 1 atom stereocenters. The summed E-state index contributed by atoms with van der Waals surface area (Å²) in [5.41, 5.74) is 3.63. The smallest absolute Gasteiger partial charge is 0.197 e. The van der Waals surface area contributed by atoms with Crippen molar-refractivity contribution in [2.75, 3.05) is 13.1 Å². The number of nitrogens with zero attached hydrogens (tertiary/aromatic N) is 2. The number of aromatic amines is 1. The fraction of sp³-hybridized carbons (Fsp3) is 0.412. The number of benzene rings is 1. The van der Waals surface area contributed by atoms with E-state index >= 15 is 0 Å². The van der Waals surface area contributed by atoms with Crippen molar-refractivity contribution < 1.29 is 0 Å². The van der Waals surface area contributed by atoms with Crippen molar-refractivity contribution in [1.29, 1.82) is 0 Å². The lowest BCUT2D eigenvalue weighted by atomic mass is 9.94. The maximum absolute atomic E-state index is 5.21. The van der Waals surface area contributed by atoms with E-state index < -0.39 is 0 Å². The van der Waals surface area contributed by atoms with Gasteiger partial charge in [-0.3, -0.25) is 4.90 Å². The van der Waals surface area contributed by atoms with Gasteiger partial charge >= 0.3 is 0 Å². The van der Waals surface area contributed by atoms with Crippen molar-refractivity contribution in [2.45, 2.75) is 32.2 Å². The summed E-state index contributed by atoms with van der Waals surface area (Å²) < 4.78 is 0.602. The van der Waals surface area contributed by atoms with Crippen LogP contribution in [0.25, 0.3) is 0 Å². The number of aromatic nitrogens is 2. The molecule has 1 aromatic carbocycles. The van der Waals surface area contributed by atoms with Crippen LogP contribution in [-0.4, -0.2) is 28.0 Å². The summed E-state index contributed by atoms with van der Waals surface area (Å²) in [5.74, 6) is 0.498. The van der Waals surface area contributed by atoms with Crippen LogP contribution in [0, 0.1) is 11.7 Å². The Bertz CT molecular complexity index is 651. The van der Waals surface area contributed by atoms with Gasteiger partial charge in [-0.2, -0.15) is 0 Å². The second-order valence-corrected chi connectivity index (χ2v) is 6.24. The van der Waals surface area contributed by atoms with Crippen molar-refractivity contribution in [3.8, 4) is 0 Å². The van der Waals surface area contributed by atoms with Crippen molar-refractivity contribution in [3.63, 3.8) is 0 Å². The highest BCUT2D eigenvalue weighted by Gasteiger charge is 2.22. The number of aryl methyl sites for hydroxylation is 1. The van der Waals surface area contributed by atoms with Crippen LogP contribution in [0.5, 0.6) is 0 Å². The van der Waals surface area contributed by atoms with E-state index in [1.54, 1.807) is 0 Å². The van der Waals surface area contributed by atoms with Crippen molar-refractivity contribution >= 4 is 12.2 Å². The Morgan fingerprint density at radius 1 is 1.33 bits per heavy atom. The largest absolute Gasteiger partial charge is 0.335 e. The van der Waals surface area contributed by atoms with Gasteiger partial charge in [0.25, 0.3) is 0 Å². The summed E-state index contributed by atoms with van der Waals surface area (Å²) in [7, 11) is 0. The Balaban J connectivity index is 1.72.